The van der Waals surface area contributed by atoms with Crippen molar-refractivity contribution in [1.82, 2.24) is 4.57 Å². The average Bonchev–Trinajstić information content (AvgIpc) is 3.28. The molecule has 0 atom stereocenters. The van der Waals surface area contributed by atoms with Crippen molar-refractivity contribution in [2.45, 2.75) is 13.5 Å². The van der Waals surface area contributed by atoms with Crippen LogP contribution in [0, 0.1) is 0 Å². The summed E-state index contributed by atoms with van der Waals surface area (Å²) in [6.07, 6.45) is 0. The first kappa shape index (κ1) is 17.4. The first-order valence-corrected chi connectivity index (χ1v) is 9.20. The Morgan fingerprint density at radius 2 is 1.89 bits per heavy atom. The third-order valence-electron chi connectivity index (χ3n) is 4.32. The van der Waals surface area contributed by atoms with Crippen LogP contribution in [0.3, 0.4) is 0 Å². The van der Waals surface area contributed by atoms with Crippen molar-refractivity contribution in [3.8, 4) is 23.0 Å². The number of hydrogen-bond donors (Lipinski definition) is 0. The predicted molar refractivity (Wildman–Crippen MR) is 101 cm³/mol. The Kier molecular flexibility index (Phi) is 4.49. The smallest absolute Gasteiger partial charge is 0.279 e. The highest BCUT2D eigenvalue weighted by molar-refractivity contribution is 7.16. The number of aromatic nitrogens is 1. The van der Waals surface area contributed by atoms with E-state index in [4.69, 9.17) is 18.9 Å². The summed E-state index contributed by atoms with van der Waals surface area (Å²) >= 11 is 1.44. The van der Waals surface area contributed by atoms with Crippen LogP contribution in [0.25, 0.3) is 10.2 Å². The molecule has 0 unspecified atom stereocenters. The third-order valence-corrected chi connectivity index (χ3v) is 5.36. The van der Waals surface area contributed by atoms with Crippen LogP contribution in [0.4, 0.5) is 0 Å². The van der Waals surface area contributed by atoms with E-state index >= 15 is 0 Å². The Hall–Kier alpha value is -3.00. The van der Waals surface area contributed by atoms with Crippen molar-refractivity contribution in [2.24, 2.45) is 4.99 Å². The molecule has 1 aromatic heterocycles. The van der Waals surface area contributed by atoms with Crippen molar-refractivity contribution in [2.75, 3.05) is 21.0 Å². The van der Waals surface area contributed by atoms with Gasteiger partial charge in [-0.3, -0.25) is 4.79 Å². The van der Waals surface area contributed by atoms with Gasteiger partial charge in [0.05, 0.1) is 24.4 Å². The average molecular weight is 386 g/mol. The van der Waals surface area contributed by atoms with Gasteiger partial charge in [-0.25, -0.2) is 0 Å². The van der Waals surface area contributed by atoms with Gasteiger partial charge in [0.1, 0.15) is 0 Å². The summed E-state index contributed by atoms with van der Waals surface area (Å²) in [6, 6.07) is 8.85. The highest BCUT2D eigenvalue weighted by atomic mass is 32.1. The number of carbonyl (C=O) groups excluding carboxylic acids is 1. The van der Waals surface area contributed by atoms with Crippen molar-refractivity contribution in [3.05, 3.63) is 40.7 Å². The van der Waals surface area contributed by atoms with E-state index in [9.17, 15) is 4.79 Å². The molecule has 3 aromatic rings. The molecule has 4 rings (SSSR count). The Balaban J connectivity index is 1.79. The molecule has 0 saturated heterocycles. The second kappa shape index (κ2) is 6.96. The number of fused-ring (bicyclic) bond motifs is 2. The number of amides is 1. The van der Waals surface area contributed by atoms with Crippen LogP contribution in [-0.2, 0) is 6.54 Å². The standard InChI is InChI=1S/C19H18N2O5S/c1-4-21-12-8-15-16(26-10-25-15)9-17(12)27-19(21)20-18(22)11-5-6-13(23-2)14(7-11)24-3/h5-9H,4,10H2,1-3H3. The third kappa shape index (κ3) is 3.02. The number of ether oxygens (including phenoxy) is 4. The molecule has 1 amide bonds. The monoisotopic (exact) mass is 386 g/mol. The van der Waals surface area contributed by atoms with Gasteiger partial charge in [-0.05, 0) is 25.1 Å². The molecule has 0 fully saturated rings. The molecule has 0 saturated carbocycles. The van der Waals surface area contributed by atoms with Crippen LogP contribution in [0.2, 0.25) is 0 Å². The van der Waals surface area contributed by atoms with Crippen LogP contribution in [0.1, 0.15) is 17.3 Å². The zero-order chi connectivity index (χ0) is 19.0. The normalized spacial score (nSPS) is 13.2. The highest BCUT2D eigenvalue weighted by Crippen LogP contribution is 2.37. The van der Waals surface area contributed by atoms with Gasteiger partial charge in [0.15, 0.2) is 27.8 Å². The van der Waals surface area contributed by atoms with Crippen molar-refractivity contribution in [1.29, 1.82) is 0 Å². The topological polar surface area (TPSA) is 71.3 Å². The van der Waals surface area contributed by atoms with E-state index in [1.807, 2.05) is 23.6 Å². The van der Waals surface area contributed by atoms with E-state index in [0.717, 1.165) is 10.2 Å². The minimum Gasteiger partial charge on any atom is -0.493 e. The molecule has 2 aromatic carbocycles. The number of methoxy groups -OCH3 is 2. The Labute approximate surface area is 159 Å². The van der Waals surface area contributed by atoms with Crippen LogP contribution in [0.15, 0.2) is 35.3 Å². The fraction of sp³-hybridized carbons (Fsp3) is 0.263. The Morgan fingerprint density at radius 1 is 1.15 bits per heavy atom. The first-order valence-electron chi connectivity index (χ1n) is 8.38. The van der Waals surface area contributed by atoms with Gasteiger partial charge in [0.25, 0.3) is 5.91 Å². The van der Waals surface area contributed by atoms with E-state index in [-0.39, 0.29) is 12.7 Å². The fourth-order valence-electron chi connectivity index (χ4n) is 2.97. The van der Waals surface area contributed by atoms with Crippen molar-refractivity contribution < 1.29 is 23.7 Å². The van der Waals surface area contributed by atoms with Crippen LogP contribution in [0.5, 0.6) is 23.0 Å². The first-order chi connectivity index (χ1) is 13.1. The van der Waals surface area contributed by atoms with Crippen LogP contribution in [-0.4, -0.2) is 31.5 Å². The molecule has 140 valence electrons. The lowest BCUT2D eigenvalue weighted by molar-refractivity contribution is 0.0997. The summed E-state index contributed by atoms with van der Waals surface area (Å²) in [6.45, 7) is 2.92. The molecular formula is C19H18N2O5S. The minimum atomic E-state index is -0.343. The van der Waals surface area contributed by atoms with Gasteiger partial charge in [0, 0.05) is 24.2 Å². The zero-order valence-electron chi connectivity index (χ0n) is 15.1. The number of benzene rings is 2. The molecule has 0 radical (unpaired) electrons. The lowest BCUT2D eigenvalue weighted by Gasteiger charge is -2.07. The van der Waals surface area contributed by atoms with E-state index in [0.29, 0.717) is 39.9 Å². The summed E-state index contributed by atoms with van der Waals surface area (Å²) < 4.78 is 24.3. The SMILES string of the molecule is CCn1c(=NC(=O)c2ccc(OC)c(OC)c2)sc2cc3c(cc21)OCO3. The lowest BCUT2D eigenvalue weighted by Crippen LogP contribution is -2.16. The van der Waals surface area contributed by atoms with E-state index in [1.54, 1.807) is 25.3 Å². The van der Waals surface area contributed by atoms with E-state index < -0.39 is 0 Å². The van der Waals surface area contributed by atoms with Crippen molar-refractivity contribution in [3.63, 3.8) is 0 Å². The second-order valence-corrected chi connectivity index (χ2v) is 6.80. The summed E-state index contributed by atoms with van der Waals surface area (Å²) in [7, 11) is 3.08. The van der Waals surface area contributed by atoms with Gasteiger partial charge >= 0.3 is 0 Å². The molecule has 1 aliphatic rings. The molecule has 27 heavy (non-hydrogen) atoms. The number of aryl methyl sites for hydroxylation is 1. The number of thiazole rings is 1. The second-order valence-electron chi connectivity index (χ2n) is 5.79. The molecule has 0 N–H and O–H groups in total. The largest absolute Gasteiger partial charge is 0.493 e. The molecule has 2 heterocycles. The quantitative estimate of drug-likeness (QED) is 0.689. The minimum absolute atomic E-state index is 0.230. The maximum absolute atomic E-state index is 12.7. The van der Waals surface area contributed by atoms with Gasteiger partial charge in [-0.1, -0.05) is 11.3 Å². The highest BCUT2D eigenvalue weighted by Gasteiger charge is 2.18. The van der Waals surface area contributed by atoms with Gasteiger partial charge in [-0.2, -0.15) is 4.99 Å². The molecule has 0 aliphatic carbocycles. The number of carbonyl (C=O) groups is 1. The number of rotatable bonds is 4. The molecule has 0 spiro atoms. The summed E-state index contributed by atoms with van der Waals surface area (Å²) in [4.78, 5) is 17.7. The molecule has 8 heteroatoms. The van der Waals surface area contributed by atoms with Gasteiger partial charge < -0.3 is 23.5 Å². The van der Waals surface area contributed by atoms with E-state index in [1.165, 1.54) is 18.4 Å². The van der Waals surface area contributed by atoms with Gasteiger partial charge in [-0.15, -0.1) is 0 Å². The molecule has 0 bridgehead atoms. The van der Waals surface area contributed by atoms with E-state index in [2.05, 4.69) is 4.99 Å². The summed E-state index contributed by atoms with van der Waals surface area (Å²) in [5.74, 6) is 2.13. The fourth-order valence-corrected chi connectivity index (χ4v) is 4.07. The summed E-state index contributed by atoms with van der Waals surface area (Å²) in [5, 5.41) is 0. The maximum Gasteiger partial charge on any atom is 0.279 e. The van der Waals surface area contributed by atoms with Crippen LogP contribution < -0.4 is 23.7 Å². The zero-order valence-corrected chi connectivity index (χ0v) is 16.0. The number of hydrogen-bond acceptors (Lipinski definition) is 6. The molecule has 1 aliphatic heterocycles. The van der Waals surface area contributed by atoms with Gasteiger partial charge in [0.2, 0.25) is 6.79 Å². The predicted octanol–water partition coefficient (Wildman–Crippen LogP) is 3.21. The Morgan fingerprint density at radius 3 is 2.59 bits per heavy atom. The summed E-state index contributed by atoms with van der Waals surface area (Å²) in [5.41, 5.74) is 1.40. The molecule has 7 nitrogen and oxygen atoms in total. The van der Waals surface area contributed by atoms with Crippen LogP contribution >= 0.6 is 11.3 Å². The number of nitrogens with zero attached hydrogens (tertiary/aromatic N) is 2. The maximum atomic E-state index is 12.7. The lowest BCUT2D eigenvalue weighted by atomic mass is 10.2. The molecular weight excluding hydrogens is 368 g/mol. The van der Waals surface area contributed by atoms with Crippen molar-refractivity contribution >= 4 is 27.5 Å². The Bertz CT molecular complexity index is 1100.